The fourth-order valence-corrected chi connectivity index (χ4v) is 1.74. The molecule has 0 aromatic carbocycles. The predicted molar refractivity (Wildman–Crippen MR) is 52.0 cm³/mol. The Kier molecular flexibility index (Phi) is 3.04. The largest absolute Gasteiger partial charge is 0.458 e. The zero-order valence-electron chi connectivity index (χ0n) is 8.53. The summed E-state index contributed by atoms with van der Waals surface area (Å²) in [6, 6.07) is 0. The van der Waals surface area contributed by atoms with Gasteiger partial charge in [-0.1, -0.05) is 6.08 Å². The van der Waals surface area contributed by atoms with E-state index < -0.39 is 0 Å². The van der Waals surface area contributed by atoms with E-state index in [9.17, 15) is 9.59 Å². The maximum Gasteiger partial charge on any atom is 0.333 e. The lowest BCUT2D eigenvalue weighted by molar-refractivity contribution is -0.177. The fourth-order valence-electron chi connectivity index (χ4n) is 1.74. The molecule has 0 spiro atoms. The van der Waals surface area contributed by atoms with Crippen molar-refractivity contribution in [1.29, 1.82) is 0 Å². The minimum Gasteiger partial charge on any atom is -0.458 e. The van der Waals surface area contributed by atoms with E-state index in [1.807, 2.05) is 6.08 Å². The van der Waals surface area contributed by atoms with Crippen LogP contribution in [-0.4, -0.2) is 24.6 Å². The first-order chi connectivity index (χ1) is 7.25. The Balaban J connectivity index is 1.72. The number of ether oxygens (including phenoxy) is 2. The molecule has 0 aromatic rings. The molecule has 4 nitrogen and oxygen atoms in total. The Labute approximate surface area is 88.2 Å². The first-order valence-electron chi connectivity index (χ1n) is 5.31. The lowest BCUT2D eigenvalue weighted by Gasteiger charge is -2.25. The minimum absolute atomic E-state index is 0.196. The number of carbonyl (C=O) groups excluding carboxylic acids is 2. The number of rotatable bonds is 3. The average molecular weight is 210 g/mol. The summed E-state index contributed by atoms with van der Waals surface area (Å²) in [5.74, 6) is -0.467. The molecular formula is C11H14O4. The normalized spacial score (nSPS) is 24.9. The minimum atomic E-state index is -0.252. The molecule has 1 atom stereocenters. The van der Waals surface area contributed by atoms with Crippen LogP contribution in [0.5, 0.6) is 0 Å². The Morgan fingerprint density at radius 3 is 2.93 bits per heavy atom. The van der Waals surface area contributed by atoms with E-state index in [1.165, 1.54) is 0 Å². The molecule has 1 saturated heterocycles. The summed E-state index contributed by atoms with van der Waals surface area (Å²) >= 11 is 0. The molecule has 1 aliphatic carbocycles. The predicted octanol–water partition coefficient (Wildman–Crippen LogP) is 1.35. The van der Waals surface area contributed by atoms with Gasteiger partial charge in [0.05, 0.1) is 6.42 Å². The van der Waals surface area contributed by atoms with Crippen LogP contribution in [0.25, 0.3) is 0 Å². The smallest absolute Gasteiger partial charge is 0.333 e. The summed E-state index contributed by atoms with van der Waals surface area (Å²) in [5.41, 5.74) is 0.770. The standard InChI is InChI=1S/C11H14O4/c12-10-6-9(15-10)7-14-11(13)8-4-2-1-3-5-8/h4,9H,1-3,5-7H2. The Bertz CT molecular complexity index is 298. The second kappa shape index (κ2) is 4.47. The van der Waals surface area contributed by atoms with Gasteiger partial charge in [-0.25, -0.2) is 4.79 Å². The van der Waals surface area contributed by atoms with Crippen molar-refractivity contribution in [1.82, 2.24) is 0 Å². The number of carbonyl (C=O) groups is 2. The van der Waals surface area contributed by atoms with Crippen LogP contribution in [-0.2, 0) is 19.1 Å². The summed E-state index contributed by atoms with van der Waals surface area (Å²) in [6.45, 7) is 0.196. The van der Waals surface area contributed by atoms with Crippen LogP contribution in [0.2, 0.25) is 0 Å². The monoisotopic (exact) mass is 210 g/mol. The van der Waals surface area contributed by atoms with E-state index in [1.54, 1.807) is 0 Å². The second-order valence-corrected chi connectivity index (χ2v) is 3.89. The van der Waals surface area contributed by atoms with Gasteiger partial charge in [-0.15, -0.1) is 0 Å². The van der Waals surface area contributed by atoms with Gasteiger partial charge in [0, 0.05) is 5.57 Å². The summed E-state index contributed by atoms with van der Waals surface area (Å²) in [7, 11) is 0. The van der Waals surface area contributed by atoms with E-state index in [2.05, 4.69) is 0 Å². The van der Waals surface area contributed by atoms with Crippen molar-refractivity contribution in [3.8, 4) is 0 Å². The number of hydrogen-bond donors (Lipinski definition) is 0. The van der Waals surface area contributed by atoms with Gasteiger partial charge in [0.25, 0.3) is 0 Å². The molecule has 15 heavy (non-hydrogen) atoms. The highest BCUT2D eigenvalue weighted by molar-refractivity contribution is 5.88. The van der Waals surface area contributed by atoms with Gasteiger partial charge in [0.2, 0.25) is 0 Å². The molecule has 0 amide bonds. The van der Waals surface area contributed by atoms with Crippen molar-refractivity contribution in [2.24, 2.45) is 0 Å². The molecule has 0 radical (unpaired) electrons. The van der Waals surface area contributed by atoms with Crippen molar-refractivity contribution in [2.45, 2.75) is 38.2 Å². The summed E-state index contributed by atoms with van der Waals surface area (Å²) in [6.07, 6.45) is 6.07. The first kappa shape index (κ1) is 10.2. The molecule has 0 N–H and O–H groups in total. The average Bonchev–Trinajstić information content (AvgIpc) is 2.23. The van der Waals surface area contributed by atoms with Gasteiger partial charge in [-0.3, -0.25) is 4.79 Å². The molecule has 1 fully saturated rings. The molecule has 0 bridgehead atoms. The number of allylic oxidation sites excluding steroid dienone is 1. The van der Waals surface area contributed by atoms with Gasteiger partial charge < -0.3 is 9.47 Å². The number of cyclic esters (lactones) is 1. The summed E-state index contributed by atoms with van der Waals surface area (Å²) in [5, 5.41) is 0. The highest BCUT2D eigenvalue weighted by Crippen LogP contribution is 2.19. The van der Waals surface area contributed by atoms with Crippen molar-refractivity contribution in [3.05, 3.63) is 11.6 Å². The van der Waals surface area contributed by atoms with Gasteiger partial charge >= 0.3 is 11.9 Å². The molecule has 0 saturated carbocycles. The molecule has 1 unspecified atom stereocenters. The highest BCUT2D eigenvalue weighted by Gasteiger charge is 2.29. The van der Waals surface area contributed by atoms with Crippen LogP contribution in [0.1, 0.15) is 32.1 Å². The van der Waals surface area contributed by atoms with Crippen LogP contribution in [0.4, 0.5) is 0 Å². The zero-order chi connectivity index (χ0) is 10.7. The van der Waals surface area contributed by atoms with Crippen molar-refractivity contribution in [3.63, 3.8) is 0 Å². The van der Waals surface area contributed by atoms with Gasteiger partial charge in [0.1, 0.15) is 12.7 Å². The maximum absolute atomic E-state index is 11.5. The Morgan fingerprint density at radius 2 is 2.33 bits per heavy atom. The Hall–Kier alpha value is -1.32. The van der Waals surface area contributed by atoms with E-state index in [4.69, 9.17) is 9.47 Å². The van der Waals surface area contributed by atoms with Gasteiger partial charge in [-0.2, -0.15) is 0 Å². The Morgan fingerprint density at radius 1 is 1.53 bits per heavy atom. The third-order valence-electron chi connectivity index (χ3n) is 2.65. The molecule has 1 aliphatic heterocycles. The lowest BCUT2D eigenvalue weighted by Crippen LogP contribution is -2.37. The quantitative estimate of drug-likeness (QED) is 0.660. The zero-order valence-corrected chi connectivity index (χ0v) is 8.53. The van der Waals surface area contributed by atoms with E-state index >= 15 is 0 Å². The summed E-state index contributed by atoms with van der Waals surface area (Å²) < 4.78 is 9.79. The molecule has 82 valence electrons. The van der Waals surface area contributed by atoms with Crippen molar-refractivity contribution in [2.75, 3.05) is 6.61 Å². The van der Waals surface area contributed by atoms with Gasteiger partial charge in [0.15, 0.2) is 0 Å². The van der Waals surface area contributed by atoms with Crippen LogP contribution < -0.4 is 0 Å². The summed E-state index contributed by atoms with van der Waals surface area (Å²) in [4.78, 5) is 22.0. The van der Waals surface area contributed by atoms with E-state index in [0.717, 1.165) is 31.3 Å². The van der Waals surface area contributed by atoms with Crippen LogP contribution >= 0.6 is 0 Å². The second-order valence-electron chi connectivity index (χ2n) is 3.89. The molecular weight excluding hydrogens is 196 g/mol. The van der Waals surface area contributed by atoms with Crippen molar-refractivity contribution >= 4 is 11.9 Å². The van der Waals surface area contributed by atoms with Crippen LogP contribution in [0.3, 0.4) is 0 Å². The van der Waals surface area contributed by atoms with E-state index in [0.29, 0.717) is 6.42 Å². The fraction of sp³-hybridized carbons (Fsp3) is 0.636. The first-order valence-corrected chi connectivity index (χ1v) is 5.31. The third kappa shape index (κ3) is 2.58. The molecule has 4 heteroatoms. The SMILES string of the molecule is O=C1CC(COC(=O)C2=CCCCC2)O1. The van der Waals surface area contributed by atoms with Crippen LogP contribution in [0.15, 0.2) is 11.6 Å². The number of esters is 2. The van der Waals surface area contributed by atoms with E-state index in [-0.39, 0.29) is 24.6 Å². The highest BCUT2D eigenvalue weighted by atomic mass is 16.6. The molecule has 2 aliphatic rings. The lowest BCUT2D eigenvalue weighted by atomic mass is 10.00. The van der Waals surface area contributed by atoms with Crippen molar-refractivity contribution < 1.29 is 19.1 Å². The van der Waals surface area contributed by atoms with Gasteiger partial charge in [-0.05, 0) is 25.7 Å². The topological polar surface area (TPSA) is 52.6 Å². The molecule has 1 heterocycles. The van der Waals surface area contributed by atoms with Crippen LogP contribution in [0, 0.1) is 0 Å². The third-order valence-corrected chi connectivity index (χ3v) is 2.65. The maximum atomic E-state index is 11.5. The molecule has 0 aromatic heterocycles. The molecule has 2 rings (SSSR count). The number of hydrogen-bond acceptors (Lipinski definition) is 4.